The molecule has 5 rings (SSSR count). The van der Waals surface area contributed by atoms with E-state index in [2.05, 4.69) is 5.32 Å². The smallest absolute Gasteiger partial charge is 0.293 e. The molecule has 0 aromatic heterocycles. The fraction of sp³-hybridized carbons (Fsp3) is 0.100. The predicted octanol–water partition coefficient (Wildman–Crippen LogP) is 6.10. The number of fused-ring (bicyclic) bond motifs is 1. The number of hydrogen-bond donors (Lipinski definition) is 1. The normalized spacial score (nSPS) is 14.2. The van der Waals surface area contributed by atoms with Crippen molar-refractivity contribution in [3.05, 3.63) is 107 Å². The Labute approximate surface area is 224 Å². The van der Waals surface area contributed by atoms with Gasteiger partial charge in [0.2, 0.25) is 0 Å². The van der Waals surface area contributed by atoms with Crippen LogP contribution in [0, 0.1) is 0 Å². The number of ether oxygens (including phenoxy) is 2. The van der Waals surface area contributed by atoms with E-state index in [1.807, 2.05) is 48.5 Å². The number of thioether (sulfide) groups is 1. The van der Waals surface area contributed by atoms with Crippen LogP contribution in [0.4, 0.5) is 10.5 Å². The zero-order chi connectivity index (χ0) is 26.5. The third-order valence-electron chi connectivity index (χ3n) is 6.01. The van der Waals surface area contributed by atoms with Crippen LogP contribution in [0.2, 0.25) is 0 Å². The lowest BCUT2D eigenvalue weighted by Gasteiger charge is -2.14. The summed E-state index contributed by atoms with van der Waals surface area (Å²) in [5, 5.41) is 4.54. The van der Waals surface area contributed by atoms with Crippen LogP contribution in [0.1, 0.15) is 11.1 Å². The molecule has 0 spiro atoms. The Morgan fingerprint density at radius 2 is 1.66 bits per heavy atom. The fourth-order valence-corrected chi connectivity index (χ4v) is 4.97. The first-order valence-electron chi connectivity index (χ1n) is 11.9. The number of rotatable bonds is 8. The monoisotopic (exact) mass is 524 g/mol. The van der Waals surface area contributed by atoms with Crippen molar-refractivity contribution in [2.24, 2.45) is 0 Å². The summed E-state index contributed by atoms with van der Waals surface area (Å²) in [7, 11) is 1.54. The molecule has 190 valence electrons. The lowest BCUT2D eigenvalue weighted by molar-refractivity contribution is -0.123. The van der Waals surface area contributed by atoms with Crippen LogP contribution in [0.25, 0.3) is 16.8 Å². The van der Waals surface area contributed by atoms with Gasteiger partial charge < -0.3 is 14.8 Å². The largest absolute Gasteiger partial charge is 0.495 e. The van der Waals surface area contributed by atoms with Gasteiger partial charge in [0.05, 0.1) is 24.2 Å². The summed E-state index contributed by atoms with van der Waals surface area (Å²) in [6.07, 6.45) is 1.69. The average molecular weight is 525 g/mol. The minimum absolute atomic E-state index is 0.176. The van der Waals surface area contributed by atoms with Gasteiger partial charge in [-0.2, -0.15) is 0 Å². The van der Waals surface area contributed by atoms with Crippen molar-refractivity contribution < 1.29 is 23.9 Å². The lowest BCUT2D eigenvalue weighted by atomic mass is 10.0. The average Bonchev–Trinajstić information content (AvgIpc) is 3.20. The second kappa shape index (κ2) is 11.2. The van der Waals surface area contributed by atoms with Crippen LogP contribution in [0.3, 0.4) is 0 Å². The van der Waals surface area contributed by atoms with Gasteiger partial charge in [0, 0.05) is 0 Å². The van der Waals surface area contributed by atoms with E-state index in [-0.39, 0.29) is 30.2 Å². The molecule has 1 fully saturated rings. The number of nitrogens with zero attached hydrogens (tertiary/aromatic N) is 1. The Bertz CT molecular complexity index is 1540. The van der Waals surface area contributed by atoms with Gasteiger partial charge in [0.1, 0.15) is 11.5 Å². The molecule has 3 amide bonds. The Hall–Kier alpha value is -4.56. The summed E-state index contributed by atoms with van der Waals surface area (Å²) < 4.78 is 10.8. The van der Waals surface area contributed by atoms with Crippen LogP contribution in [0.15, 0.2) is 95.9 Å². The molecule has 1 N–H and O–H groups in total. The summed E-state index contributed by atoms with van der Waals surface area (Å²) in [5.74, 6) is 0.424. The number of anilines is 1. The Morgan fingerprint density at radius 1 is 0.921 bits per heavy atom. The van der Waals surface area contributed by atoms with Gasteiger partial charge in [-0.1, -0.05) is 66.7 Å². The molecule has 0 aliphatic carbocycles. The first kappa shape index (κ1) is 25.1. The highest BCUT2D eigenvalue weighted by Gasteiger charge is 2.35. The molecule has 38 heavy (non-hydrogen) atoms. The molecule has 0 unspecified atom stereocenters. The van der Waals surface area contributed by atoms with E-state index in [9.17, 15) is 14.4 Å². The highest BCUT2D eigenvalue weighted by Crippen LogP contribution is 2.34. The van der Waals surface area contributed by atoms with E-state index in [0.29, 0.717) is 22.1 Å². The molecule has 1 heterocycles. The Kier molecular flexibility index (Phi) is 7.42. The van der Waals surface area contributed by atoms with Gasteiger partial charge in [-0.3, -0.25) is 19.3 Å². The maximum Gasteiger partial charge on any atom is 0.293 e. The summed E-state index contributed by atoms with van der Waals surface area (Å²) in [6, 6.07) is 27.9. The number of amides is 3. The van der Waals surface area contributed by atoms with Gasteiger partial charge in [-0.15, -0.1) is 0 Å². The van der Waals surface area contributed by atoms with E-state index in [4.69, 9.17) is 9.47 Å². The van der Waals surface area contributed by atoms with Crippen LogP contribution < -0.4 is 14.8 Å². The summed E-state index contributed by atoms with van der Waals surface area (Å²) in [4.78, 5) is 39.6. The van der Waals surface area contributed by atoms with Crippen molar-refractivity contribution in [2.75, 3.05) is 19.0 Å². The summed E-state index contributed by atoms with van der Waals surface area (Å²) in [6.45, 7) is 0.0392. The van der Waals surface area contributed by atoms with Crippen LogP contribution >= 0.6 is 11.8 Å². The minimum Gasteiger partial charge on any atom is -0.495 e. The quantitative estimate of drug-likeness (QED) is 0.280. The number of benzene rings is 4. The van der Waals surface area contributed by atoms with Crippen molar-refractivity contribution in [3.63, 3.8) is 0 Å². The second-order valence-electron chi connectivity index (χ2n) is 8.51. The van der Waals surface area contributed by atoms with E-state index in [1.165, 1.54) is 12.0 Å². The molecular weight excluding hydrogens is 500 g/mol. The number of carbonyl (C=O) groups is 3. The number of nitrogens with one attached hydrogen (secondary N) is 1. The van der Waals surface area contributed by atoms with Gasteiger partial charge in [0.15, 0.2) is 6.61 Å². The van der Waals surface area contributed by atoms with E-state index in [1.54, 1.807) is 48.5 Å². The number of hydrogen-bond acceptors (Lipinski definition) is 6. The van der Waals surface area contributed by atoms with Crippen LogP contribution in [-0.2, 0) is 16.1 Å². The zero-order valence-corrected chi connectivity index (χ0v) is 21.4. The molecule has 7 nitrogen and oxygen atoms in total. The molecule has 8 heteroatoms. The van der Waals surface area contributed by atoms with Crippen molar-refractivity contribution in [1.82, 2.24) is 4.90 Å². The number of methoxy groups -OCH3 is 1. The zero-order valence-electron chi connectivity index (χ0n) is 20.5. The summed E-state index contributed by atoms with van der Waals surface area (Å²) >= 11 is 0.928. The first-order valence-corrected chi connectivity index (χ1v) is 12.7. The van der Waals surface area contributed by atoms with Gasteiger partial charge >= 0.3 is 0 Å². The third kappa shape index (κ3) is 5.55. The molecule has 4 aromatic carbocycles. The van der Waals surface area contributed by atoms with E-state index < -0.39 is 0 Å². The van der Waals surface area contributed by atoms with Crippen molar-refractivity contribution >= 4 is 51.4 Å². The number of para-hydroxylation sites is 2. The maximum atomic E-state index is 13.0. The SMILES string of the molecule is COc1ccccc1NC(=O)COc1ccc(/C=C2\SC(=O)N(Cc3cccc4ccccc34)C2=O)cc1. The molecule has 1 aliphatic heterocycles. The van der Waals surface area contributed by atoms with Crippen molar-refractivity contribution in [2.45, 2.75) is 6.54 Å². The second-order valence-corrected chi connectivity index (χ2v) is 9.51. The predicted molar refractivity (Wildman–Crippen MR) is 149 cm³/mol. The molecule has 0 bridgehead atoms. The number of carbonyl (C=O) groups excluding carboxylic acids is 3. The number of imide groups is 1. The summed E-state index contributed by atoms with van der Waals surface area (Å²) in [5.41, 5.74) is 2.22. The van der Waals surface area contributed by atoms with Gasteiger partial charge in [0.25, 0.3) is 17.1 Å². The molecule has 4 aromatic rings. The fourth-order valence-electron chi connectivity index (χ4n) is 4.13. The lowest BCUT2D eigenvalue weighted by Crippen LogP contribution is -2.27. The maximum absolute atomic E-state index is 13.0. The van der Waals surface area contributed by atoms with E-state index in [0.717, 1.165) is 33.7 Å². The van der Waals surface area contributed by atoms with Gasteiger partial charge in [-0.25, -0.2) is 0 Å². The first-order chi connectivity index (χ1) is 18.5. The topological polar surface area (TPSA) is 84.9 Å². The molecule has 0 radical (unpaired) electrons. The van der Waals surface area contributed by atoms with E-state index >= 15 is 0 Å². The molecule has 1 aliphatic rings. The van der Waals surface area contributed by atoms with Crippen LogP contribution in [-0.4, -0.2) is 35.7 Å². The van der Waals surface area contributed by atoms with Crippen molar-refractivity contribution in [1.29, 1.82) is 0 Å². The van der Waals surface area contributed by atoms with Crippen LogP contribution in [0.5, 0.6) is 11.5 Å². The Morgan fingerprint density at radius 3 is 2.47 bits per heavy atom. The highest BCUT2D eigenvalue weighted by molar-refractivity contribution is 8.18. The van der Waals surface area contributed by atoms with Crippen molar-refractivity contribution in [3.8, 4) is 11.5 Å². The molecule has 1 saturated heterocycles. The molecular formula is C30H24N2O5S. The molecule has 0 atom stereocenters. The minimum atomic E-state index is -0.321. The third-order valence-corrected chi connectivity index (χ3v) is 6.92. The Balaban J connectivity index is 1.21. The van der Waals surface area contributed by atoms with Gasteiger partial charge in [-0.05, 0) is 64.0 Å². The standard InChI is InChI=1S/C30H24N2O5S/c1-36-26-12-5-4-11-25(26)31-28(33)19-37-23-15-13-20(14-16-23)17-27-29(34)32(30(35)38-27)18-22-9-6-8-21-7-2-3-10-24(21)22/h2-17H,18-19H2,1H3,(H,31,33)/b27-17-. The highest BCUT2D eigenvalue weighted by atomic mass is 32.2. The molecule has 0 saturated carbocycles.